The number of amides is 3. The number of nitrogens with one attached hydrogen (secondary N) is 1. The van der Waals surface area contributed by atoms with Gasteiger partial charge in [-0.15, -0.1) is 0 Å². The fourth-order valence-corrected chi connectivity index (χ4v) is 2.17. The first-order chi connectivity index (χ1) is 10.4. The largest absolute Gasteiger partial charge is 0.460 e. The number of hydrogen-bond acceptors (Lipinski definition) is 6. The number of ether oxygens (including phenoxy) is 1. The summed E-state index contributed by atoms with van der Waals surface area (Å²) in [4.78, 5) is 36.3. The Labute approximate surface area is 126 Å². The molecule has 1 heterocycles. The first-order valence-corrected chi connectivity index (χ1v) is 6.53. The zero-order chi connectivity index (χ0) is 16.3. The Morgan fingerprint density at radius 1 is 1.41 bits per heavy atom. The third kappa shape index (κ3) is 3.05. The Kier molecular flexibility index (Phi) is 4.40. The Hall–Kier alpha value is -2.90. The van der Waals surface area contributed by atoms with E-state index in [0.29, 0.717) is 11.3 Å². The number of nitrogens with zero attached hydrogens (tertiary/aromatic N) is 2. The Balaban J connectivity index is 2.19. The molecule has 2 unspecified atom stereocenters. The predicted octanol–water partition coefficient (Wildman–Crippen LogP) is 0.871. The van der Waals surface area contributed by atoms with Crippen LogP contribution in [-0.2, 0) is 14.3 Å². The summed E-state index contributed by atoms with van der Waals surface area (Å²) < 4.78 is 4.94. The van der Waals surface area contributed by atoms with Crippen molar-refractivity contribution >= 4 is 29.8 Å². The highest BCUT2D eigenvalue weighted by Gasteiger charge is 2.43. The van der Waals surface area contributed by atoms with E-state index in [1.54, 1.807) is 24.3 Å². The van der Waals surface area contributed by atoms with Crippen molar-refractivity contribution in [3.63, 3.8) is 0 Å². The lowest BCUT2D eigenvalue weighted by atomic mass is 10.1. The maximum absolute atomic E-state index is 12.3. The summed E-state index contributed by atoms with van der Waals surface area (Å²) in [6.07, 6.45) is 0.459. The summed E-state index contributed by atoms with van der Waals surface area (Å²) in [7, 11) is 0. The van der Waals surface area contributed by atoms with Crippen LogP contribution in [0.4, 0.5) is 10.5 Å². The second-order valence-electron chi connectivity index (χ2n) is 4.75. The zero-order valence-corrected chi connectivity index (χ0v) is 12.0. The van der Waals surface area contributed by atoms with Crippen molar-refractivity contribution < 1.29 is 24.3 Å². The second-order valence-corrected chi connectivity index (χ2v) is 4.75. The molecule has 0 bridgehead atoms. The Bertz CT molecular complexity index is 626. The van der Waals surface area contributed by atoms with Gasteiger partial charge in [-0.1, -0.05) is 17.3 Å². The molecule has 1 aliphatic heterocycles. The first-order valence-electron chi connectivity index (χ1n) is 6.53. The van der Waals surface area contributed by atoms with Gasteiger partial charge in [-0.2, -0.15) is 0 Å². The van der Waals surface area contributed by atoms with Gasteiger partial charge < -0.3 is 15.3 Å². The number of carbonyl (C=O) groups excluding carboxylic acids is 3. The van der Waals surface area contributed by atoms with E-state index >= 15 is 0 Å². The number of rotatable bonds is 4. The SMILES string of the molecule is CC(=O)OC(C)C1NC(=O)N(c2ccc(C=NO)cc2)C1=O. The van der Waals surface area contributed by atoms with Crippen molar-refractivity contribution in [2.24, 2.45) is 5.16 Å². The molecule has 116 valence electrons. The Morgan fingerprint density at radius 3 is 2.59 bits per heavy atom. The fourth-order valence-electron chi connectivity index (χ4n) is 2.17. The van der Waals surface area contributed by atoms with E-state index < -0.39 is 30.1 Å². The van der Waals surface area contributed by atoms with Crippen LogP contribution in [0.3, 0.4) is 0 Å². The first kappa shape index (κ1) is 15.5. The summed E-state index contributed by atoms with van der Waals surface area (Å²) in [5.41, 5.74) is 0.984. The standard InChI is InChI=1S/C14H15N3O5/c1-8(22-9(2)18)12-13(19)17(14(20)16-12)11-5-3-10(4-6-11)7-15-21/h3-8,12,21H,1-2H3,(H,16,20). The fraction of sp³-hybridized carbons (Fsp3) is 0.286. The minimum Gasteiger partial charge on any atom is -0.460 e. The third-order valence-corrected chi connectivity index (χ3v) is 3.15. The van der Waals surface area contributed by atoms with E-state index in [-0.39, 0.29) is 0 Å². The average molecular weight is 305 g/mol. The second kappa shape index (κ2) is 6.25. The summed E-state index contributed by atoms with van der Waals surface area (Å²) >= 11 is 0. The molecule has 1 fully saturated rings. The molecular weight excluding hydrogens is 290 g/mol. The smallest absolute Gasteiger partial charge is 0.329 e. The average Bonchev–Trinajstić information content (AvgIpc) is 2.75. The van der Waals surface area contributed by atoms with Crippen molar-refractivity contribution in [3.8, 4) is 0 Å². The van der Waals surface area contributed by atoms with Gasteiger partial charge in [0, 0.05) is 6.92 Å². The van der Waals surface area contributed by atoms with Gasteiger partial charge in [0.15, 0.2) is 0 Å². The topological polar surface area (TPSA) is 108 Å². The number of hydrogen-bond donors (Lipinski definition) is 2. The normalized spacial score (nSPS) is 19.4. The van der Waals surface area contributed by atoms with Crippen LogP contribution in [0.15, 0.2) is 29.4 Å². The number of oxime groups is 1. The lowest BCUT2D eigenvalue weighted by Gasteiger charge is -2.17. The van der Waals surface area contributed by atoms with Crippen LogP contribution >= 0.6 is 0 Å². The molecule has 0 spiro atoms. The van der Waals surface area contributed by atoms with Crippen LogP contribution < -0.4 is 10.2 Å². The van der Waals surface area contributed by atoms with Crippen molar-refractivity contribution in [3.05, 3.63) is 29.8 Å². The molecule has 2 atom stereocenters. The lowest BCUT2D eigenvalue weighted by Crippen LogP contribution is -2.41. The van der Waals surface area contributed by atoms with E-state index in [2.05, 4.69) is 10.5 Å². The van der Waals surface area contributed by atoms with Gasteiger partial charge >= 0.3 is 12.0 Å². The molecule has 2 N–H and O–H groups in total. The van der Waals surface area contributed by atoms with Crippen LogP contribution in [0.25, 0.3) is 0 Å². The summed E-state index contributed by atoms with van der Waals surface area (Å²) in [6.45, 7) is 2.77. The molecule has 1 saturated heterocycles. The lowest BCUT2D eigenvalue weighted by molar-refractivity contribution is -0.147. The summed E-state index contributed by atoms with van der Waals surface area (Å²) in [5, 5.41) is 13.8. The van der Waals surface area contributed by atoms with Crippen molar-refractivity contribution in [2.45, 2.75) is 26.0 Å². The van der Waals surface area contributed by atoms with Crippen LogP contribution in [0.5, 0.6) is 0 Å². The molecule has 3 amide bonds. The van der Waals surface area contributed by atoms with Crippen molar-refractivity contribution in [1.29, 1.82) is 0 Å². The van der Waals surface area contributed by atoms with Crippen LogP contribution in [0.1, 0.15) is 19.4 Å². The molecule has 1 aromatic carbocycles. The Morgan fingerprint density at radius 2 is 2.05 bits per heavy atom. The predicted molar refractivity (Wildman–Crippen MR) is 76.9 cm³/mol. The van der Waals surface area contributed by atoms with Crippen LogP contribution in [-0.4, -0.2) is 41.5 Å². The van der Waals surface area contributed by atoms with Crippen LogP contribution in [0.2, 0.25) is 0 Å². The van der Waals surface area contributed by atoms with Crippen molar-refractivity contribution in [1.82, 2.24) is 5.32 Å². The molecule has 1 aliphatic rings. The maximum Gasteiger partial charge on any atom is 0.329 e. The monoisotopic (exact) mass is 305 g/mol. The highest BCUT2D eigenvalue weighted by atomic mass is 16.5. The van der Waals surface area contributed by atoms with E-state index in [9.17, 15) is 14.4 Å². The molecule has 2 rings (SSSR count). The highest BCUT2D eigenvalue weighted by Crippen LogP contribution is 2.21. The summed E-state index contributed by atoms with van der Waals surface area (Å²) in [5.74, 6) is -1.03. The number of esters is 1. The number of imide groups is 1. The third-order valence-electron chi connectivity index (χ3n) is 3.15. The molecular formula is C14H15N3O5. The summed E-state index contributed by atoms with van der Waals surface area (Å²) in [6, 6.07) is 4.78. The molecule has 0 aromatic heterocycles. The minimum absolute atomic E-state index is 0.370. The van der Waals surface area contributed by atoms with E-state index in [4.69, 9.17) is 9.94 Å². The van der Waals surface area contributed by atoms with Gasteiger partial charge in [0.25, 0.3) is 5.91 Å². The van der Waals surface area contributed by atoms with E-state index in [0.717, 1.165) is 4.90 Å². The van der Waals surface area contributed by atoms with Gasteiger partial charge in [-0.25, -0.2) is 9.69 Å². The van der Waals surface area contributed by atoms with Gasteiger partial charge in [-0.05, 0) is 24.6 Å². The zero-order valence-electron chi connectivity index (χ0n) is 12.0. The molecule has 22 heavy (non-hydrogen) atoms. The molecule has 0 aliphatic carbocycles. The number of anilines is 1. The molecule has 8 nitrogen and oxygen atoms in total. The van der Waals surface area contributed by atoms with Gasteiger partial charge in [0.05, 0.1) is 11.9 Å². The van der Waals surface area contributed by atoms with Gasteiger partial charge in [0.2, 0.25) is 0 Å². The van der Waals surface area contributed by atoms with Crippen molar-refractivity contribution in [2.75, 3.05) is 4.90 Å². The number of urea groups is 1. The molecule has 0 radical (unpaired) electrons. The van der Waals surface area contributed by atoms with Gasteiger partial charge in [0.1, 0.15) is 12.1 Å². The molecule has 8 heteroatoms. The quantitative estimate of drug-likeness (QED) is 0.282. The maximum atomic E-state index is 12.3. The van der Waals surface area contributed by atoms with Gasteiger partial charge in [-0.3, -0.25) is 9.59 Å². The molecule has 0 saturated carbocycles. The van der Waals surface area contributed by atoms with E-state index in [1.165, 1.54) is 20.1 Å². The minimum atomic E-state index is -0.921. The van der Waals surface area contributed by atoms with Crippen LogP contribution in [0, 0.1) is 0 Å². The van der Waals surface area contributed by atoms with E-state index in [1.807, 2.05) is 0 Å². The highest BCUT2D eigenvalue weighted by molar-refractivity contribution is 6.21. The number of carbonyl (C=O) groups is 3. The molecule has 1 aromatic rings. The number of benzene rings is 1.